The van der Waals surface area contributed by atoms with Crippen molar-refractivity contribution in [1.82, 2.24) is 19.6 Å². The first-order valence-electron chi connectivity index (χ1n) is 10.3. The molecule has 2 saturated heterocycles. The van der Waals surface area contributed by atoms with Crippen LogP contribution in [0.25, 0.3) is 0 Å². The van der Waals surface area contributed by atoms with Crippen LogP contribution in [0.4, 0.5) is 4.79 Å². The van der Waals surface area contributed by atoms with Gasteiger partial charge in [-0.05, 0) is 56.7 Å². The predicted molar refractivity (Wildman–Crippen MR) is 101 cm³/mol. The van der Waals surface area contributed by atoms with Gasteiger partial charge in [0.15, 0.2) is 0 Å². The van der Waals surface area contributed by atoms with E-state index >= 15 is 0 Å². The number of hydrogen-bond acceptors (Lipinski definition) is 9. The van der Waals surface area contributed by atoms with Crippen molar-refractivity contribution in [3.63, 3.8) is 0 Å². The van der Waals surface area contributed by atoms with Crippen LogP contribution >= 0.6 is 0 Å². The summed E-state index contributed by atoms with van der Waals surface area (Å²) in [6, 6.07) is 2.15. The third kappa shape index (κ3) is 4.32. The number of ether oxygens (including phenoxy) is 1. The van der Waals surface area contributed by atoms with Gasteiger partial charge >= 0.3 is 18.2 Å². The molecule has 0 radical (unpaired) electrons. The fourth-order valence-electron chi connectivity index (χ4n) is 5.29. The zero-order chi connectivity index (χ0) is 21.7. The van der Waals surface area contributed by atoms with Gasteiger partial charge in [-0.2, -0.15) is 9.78 Å². The molecular weight excluding hydrogens is 396 g/mol. The van der Waals surface area contributed by atoms with E-state index in [4.69, 9.17) is 0 Å². The molecule has 11 heteroatoms. The molecule has 3 aliphatic rings. The van der Waals surface area contributed by atoms with Crippen molar-refractivity contribution >= 4 is 6.09 Å². The highest BCUT2D eigenvalue weighted by Crippen LogP contribution is 2.51. The predicted octanol–water partition coefficient (Wildman–Crippen LogP) is -0.743. The smallest absolute Gasteiger partial charge is 0.392 e. The topological polar surface area (TPSA) is 152 Å². The molecule has 3 heterocycles. The van der Waals surface area contributed by atoms with E-state index in [0.717, 1.165) is 56.8 Å². The largest absolute Gasteiger partial charge is 0.414 e. The molecule has 0 bridgehead atoms. The summed E-state index contributed by atoms with van der Waals surface area (Å²) in [6.45, 7) is 3.86. The van der Waals surface area contributed by atoms with Gasteiger partial charge in [0, 0.05) is 43.9 Å². The first-order chi connectivity index (χ1) is 14.0. The number of carbonyl (C=O) groups is 1. The fraction of sp³-hybridized carbons (Fsp3) is 0.789. The Morgan fingerprint density at radius 2 is 1.83 bits per heavy atom. The Bertz CT molecular complexity index is 771. The number of nitrogens with zero attached hydrogens (tertiary/aromatic N) is 4. The van der Waals surface area contributed by atoms with Gasteiger partial charge in [-0.3, -0.25) is 0 Å². The number of aliphatic hydroxyl groups is 5. The summed E-state index contributed by atoms with van der Waals surface area (Å²) >= 11 is 0. The highest BCUT2D eigenvalue weighted by Gasteiger charge is 2.52. The lowest BCUT2D eigenvalue weighted by molar-refractivity contribution is -0.382. The van der Waals surface area contributed by atoms with E-state index in [9.17, 15) is 30.3 Å². The number of rotatable bonds is 4. The van der Waals surface area contributed by atoms with Crippen molar-refractivity contribution in [2.75, 3.05) is 26.2 Å². The van der Waals surface area contributed by atoms with Crippen molar-refractivity contribution in [3.8, 4) is 0 Å². The van der Waals surface area contributed by atoms with Gasteiger partial charge in [-0.1, -0.05) is 0 Å². The summed E-state index contributed by atoms with van der Waals surface area (Å²) in [7, 11) is 0. The van der Waals surface area contributed by atoms with Crippen LogP contribution in [0.3, 0.4) is 0 Å². The molecule has 0 unspecified atom stereocenters. The average molecular weight is 426 g/mol. The van der Waals surface area contributed by atoms with Crippen molar-refractivity contribution in [3.05, 3.63) is 18.0 Å². The molecule has 168 valence electrons. The Balaban J connectivity index is 1.26. The van der Waals surface area contributed by atoms with Crippen LogP contribution in [0.1, 0.15) is 50.6 Å². The van der Waals surface area contributed by atoms with E-state index in [2.05, 4.69) is 14.7 Å². The van der Waals surface area contributed by atoms with Gasteiger partial charge in [0.25, 0.3) is 0 Å². The molecule has 1 amide bonds. The van der Waals surface area contributed by atoms with Gasteiger partial charge in [-0.25, -0.2) is 4.79 Å². The lowest BCUT2D eigenvalue weighted by Crippen LogP contribution is -2.54. The van der Waals surface area contributed by atoms with Crippen LogP contribution in [-0.2, 0) is 10.8 Å². The molecule has 4 rings (SSSR count). The molecule has 2 aliphatic heterocycles. The quantitative estimate of drug-likeness (QED) is 0.392. The Morgan fingerprint density at radius 3 is 2.43 bits per heavy atom. The molecule has 1 saturated carbocycles. The third-order valence-corrected chi connectivity index (χ3v) is 6.73. The van der Waals surface area contributed by atoms with Crippen LogP contribution in [0.2, 0.25) is 0 Å². The number of piperidine rings is 1. The summed E-state index contributed by atoms with van der Waals surface area (Å²) in [4.78, 5) is 16.0. The zero-order valence-electron chi connectivity index (χ0n) is 17.0. The second-order valence-electron chi connectivity index (χ2n) is 9.11. The normalized spacial score (nSPS) is 28.7. The molecule has 30 heavy (non-hydrogen) atoms. The van der Waals surface area contributed by atoms with Crippen LogP contribution in [0.5, 0.6) is 0 Å². The van der Waals surface area contributed by atoms with Crippen LogP contribution in [-0.4, -0.2) is 89.4 Å². The summed E-state index contributed by atoms with van der Waals surface area (Å²) in [5, 5.41) is 50.7. The maximum atomic E-state index is 12.0. The Hall–Kier alpha value is -1.76. The minimum Gasteiger partial charge on any atom is -0.392 e. The standard InChI is InChI=1S/C19H30N4O7/c1-17(25,26)30-16(24)22-9-5-18(12-22)10-14(11-18)21-7-3-13(4-8-21)15-2-6-20-23(15)19(27,28)29/h2,6,13-14,25-29H,3-5,7-12H2,1H3. The molecule has 1 aliphatic carbocycles. The molecule has 1 aromatic rings. The third-order valence-electron chi connectivity index (χ3n) is 6.73. The molecule has 0 aromatic carbocycles. The number of hydrogen-bond donors (Lipinski definition) is 5. The van der Waals surface area contributed by atoms with Gasteiger partial charge in [0.2, 0.25) is 0 Å². The van der Waals surface area contributed by atoms with E-state index in [1.807, 2.05) is 0 Å². The Kier molecular flexibility index (Phi) is 5.32. The van der Waals surface area contributed by atoms with E-state index in [1.165, 1.54) is 6.20 Å². The van der Waals surface area contributed by atoms with Gasteiger partial charge in [0.1, 0.15) is 0 Å². The fourth-order valence-corrected chi connectivity index (χ4v) is 5.29. The Morgan fingerprint density at radius 1 is 1.17 bits per heavy atom. The summed E-state index contributed by atoms with van der Waals surface area (Å²) < 4.78 is 5.48. The number of carbonyl (C=O) groups excluding carboxylic acids is 1. The van der Waals surface area contributed by atoms with Crippen molar-refractivity contribution in [2.45, 2.75) is 63.1 Å². The van der Waals surface area contributed by atoms with Crippen molar-refractivity contribution < 1.29 is 35.1 Å². The molecule has 1 spiro atoms. The van der Waals surface area contributed by atoms with E-state index in [1.54, 1.807) is 11.0 Å². The van der Waals surface area contributed by atoms with Crippen LogP contribution < -0.4 is 0 Å². The maximum absolute atomic E-state index is 12.0. The SMILES string of the molecule is CC(O)(O)OC(=O)N1CCC2(CC(N3CCC(c4ccnn4C(O)(O)O)CC3)C2)C1. The summed E-state index contributed by atoms with van der Waals surface area (Å²) in [6.07, 6.45) is 2.27. The van der Waals surface area contributed by atoms with E-state index < -0.39 is 18.2 Å². The van der Waals surface area contributed by atoms with Crippen molar-refractivity contribution in [2.24, 2.45) is 5.41 Å². The molecule has 1 aromatic heterocycles. The lowest BCUT2D eigenvalue weighted by atomic mass is 9.64. The van der Waals surface area contributed by atoms with Crippen LogP contribution in [0.15, 0.2) is 12.3 Å². The highest BCUT2D eigenvalue weighted by molar-refractivity contribution is 5.68. The second-order valence-corrected chi connectivity index (χ2v) is 9.11. The first kappa shape index (κ1) is 21.5. The molecule has 5 N–H and O–H groups in total. The lowest BCUT2D eigenvalue weighted by Gasteiger charge is -2.51. The highest BCUT2D eigenvalue weighted by atomic mass is 16.8. The second kappa shape index (κ2) is 7.43. The van der Waals surface area contributed by atoms with E-state index in [0.29, 0.717) is 24.8 Å². The molecular formula is C19H30N4O7. The van der Waals surface area contributed by atoms with Crippen molar-refractivity contribution in [1.29, 1.82) is 0 Å². The minimum absolute atomic E-state index is 0.0741. The van der Waals surface area contributed by atoms with Gasteiger partial charge < -0.3 is 40.1 Å². The Labute approximate surface area is 174 Å². The number of amides is 1. The molecule has 0 atom stereocenters. The van der Waals surface area contributed by atoms with E-state index in [-0.39, 0.29) is 11.3 Å². The van der Waals surface area contributed by atoms with Gasteiger partial charge in [-0.15, -0.1) is 0 Å². The first-order valence-corrected chi connectivity index (χ1v) is 10.3. The van der Waals surface area contributed by atoms with Gasteiger partial charge in [0.05, 0.1) is 0 Å². The monoisotopic (exact) mass is 426 g/mol. The summed E-state index contributed by atoms with van der Waals surface area (Å²) in [5.41, 5.74) is 0.682. The minimum atomic E-state index is -2.99. The number of aromatic nitrogens is 2. The molecule has 11 nitrogen and oxygen atoms in total. The molecule has 3 fully saturated rings. The zero-order valence-corrected chi connectivity index (χ0v) is 17.0. The summed E-state index contributed by atoms with van der Waals surface area (Å²) in [5.74, 6) is -2.37. The number of likely N-dealkylation sites (tertiary alicyclic amines) is 2. The van der Waals surface area contributed by atoms with Crippen LogP contribution in [0, 0.1) is 5.41 Å². The maximum Gasteiger partial charge on any atom is 0.414 e. The average Bonchev–Trinajstić information content (AvgIpc) is 3.26.